The van der Waals surface area contributed by atoms with E-state index in [2.05, 4.69) is 28.8 Å². The smallest absolute Gasteiger partial charge is 0.221 e. The molecule has 0 fully saturated rings. The van der Waals surface area contributed by atoms with E-state index in [0.717, 1.165) is 38.3 Å². The van der Waals surface area contributed by atoms with Crippen molar-refractivity contribution in [2.75, 3.05) is 19.7 Å². The highest BCUT2D eigenvalue weighted by Gasteiger charge is 2.13. The summed E-state index contributed by atoms with van der Waals surface area (Å²) in [4.78, 5) is 11.7. The van der Waals surface area contributed by atoms with Gasteiger partial charge in [0.25, 0.3) is 0 Å². The van der Waals surface area contributed by atoms with Gasteiger partial charge in [-0.3, -0.25) is 4.79 Å². The van der Waals surface area contributed by atoms with Gasteiger partial charge >= 0.3 is 0 Å². The maximum absolute atomic E-state index is 11.7. The second-order valence-electron chi connectivity index (χ2n) is 6.59. The first-order valence-corrected chi connectivity index (χ1v) is 7.70. The van der Waals surface area contributed by atoms with Crippen molar-refractivity contribution in [3.8, 4) is 5.75 Å². The van der Waals surface area contributed by atoms with Gasteiger partial charge in [-0.15, -0.1) is 0 Å². The van der Waals surface area contributed by atoms with Gasteiger partial charge in [0, 0.05) is 24.9 Å². The molecule has 21 heavy (non-hydrogen) atoms. The fourth-order valence-electron chi connectivity index (χ4n) is 2.44. The van der Waals surface area contributed by atoms with Gasteiger partial charge in [-0.05, 0) is 50.9 Å². The number of ether oxygens (including phenoxy) is 1. The summed E-state index contributed by atoms with van der Waals surface area (Å²) in [6.45, 7) is 8.40. The molecule has 1 aromatic rings. The Kier molecular flexibility index (Phi) is 5.23. The first-order valence-electron chi connectivity index (χ1n) is 7.70. The fraction of sp³-hybridized carbons (Fsp3) is 0.588. The van der Waals surface area contributed by atoms with E-state index < -0.39 is 0 Å². The first-order chi connectivity index (χ1) is 9.94. The van der Waals surface area contributed by atoms with Gasteiger partial charge in [-0.2, -0.15) is 0 Å². The van der Waals surface area contributed by atoms with E-state index in [-0.39, 0.29) is 11.4 Å². The van der Waals surface area contributed by atoms with Crippen LogP contribution in [-0.2, 0) is 17.6 Å². The summed E-state index contributed by atoms with van der Waals surface area (Å²) >= 11 is 0. The summed E-state index contributed by atoms with van der Waals surface area (Å²) in [5, 5.41) is 6.29. The molecule has 1 aliphatic heterocycles. The largest absolute Gasteiger partial charge is 0.493 e. The monoisotopic (exact) mass is 290 g/mol. The van der Waals surface area contributed by atoms with E-state index in [1.165, 1.54) is 11.1 Å². The number of benzene rings is 1. The van der Waals surface area contributed by atoms with Crippen LogP contribution in [0.2, 0.25) is 0 Å². The number of hydrogen-bond donors (Lipinski definition) is 2. The van der Waals surface area contributed by atoms with E-state index in [1.807, 2.05) is 20.8 Å². The molecule has 0 spiro atoms. The van der Waals surface area contributed by atoms with Crippen LogP contribution in [-0.4, -0.2) is 31.1 Å². The van der Waals surface area contributed by atoms with Crippen molar-refractivity contribution in [3.05, 3.63) is 29.3 Å². The van der Waals surface area contributed by atoms with Crippen molar-refractivity contribution in [1.82, 2.24) is 10.6 Å². The average molecular weight is 290 g/mol. The molecular formula is C17H26N2O2. The number of hydrogen-bond acceptors (Lipinski definition) is 3. The molecule has 0 aliphatic carbocycles. The van der Waals surface area contributed by atoms with Crippen LogP contribution in [0.1, 0.15) is 38.3 Å². The van der Waals surface area contributed by atoms with Crippen molar-refractivity contribution >= 4 is 5.91 Å². The molecule has 0 radical (unpaired) electrons. The highest BCUT2D eigenvalue weighted by molar-refractivity contribution is 5.76. The van der Waals surface area contributed by atoms with Gasteiger partial charge in [0.2, 0.25) is 5.91 Å². The van der Waals surface area contributed by atoms with Gasteiger partial charge in [0.1, 0.15) is 5.75 Å². The zero-order chi connectivity index (χ0) is 15.3. The second kappa shape index (κ2) is 6.94. The number of carbonyl (C=O) groups excluding carboxylic acids is 1. The van der Waals surface area contributed by atoms with Gasteiger partial charge in [0.15, 0.2) is 0 Å². The van der Waals surface area contributed by atoms with Crippen molar-refractivity contribution in [2.45, 2.75) is 45.6 Å². The van der Waals surface area contributed by atoms with Crippen molar-refractivity contribution in [1.29, 1.82) is 0 Å². The van der Waals surface area contributed by atoms with E-state index in [9.17, 15) is 4.79 Å². The number of nitrogens with one attached hydrogen (secondary N) is 2. The highest BCUT2D eigenvalue weighted by atomic mass is 16.5. The Balaban J connectivity index is 1.63. The highest BCUT2D eigenvalue weighted by Crippen LogP contribution is 2.25. The van der Waals surface area contributed by atoms with Gasteiger partial charge < -0.3 is 15.4 Å². The standard InChI is InChI=1S/C17H26N2O2/c1-17(2,3)19-16(20)7-10-18-9-6-13-4-5-15-14(12-13)8-11-21-15/h4-5,12,18H,6-11H2,1-3H3,(H,19,20). The Bertz CT molecular complexity index is 492. The summed E-state index contributed by atoms with van der Waals surface area (Å²) in [7, 11) is 0. The topological polar surface area (TPSA) is 50.4 Å². The van der Waals surface area contributed by atoms with Crippen molar-refractivity contribution in [2.24, 2.45) is 0 Å². The second-order valence-corrected chi connectivity index (χ2v) is 6.59. The summed E-state index contributed by atoms with van der Waals surface area (Å²) < 4.78 is 5.50. The molecule has 1 aromatic carbocycles. The van der Waals surface area contributed by atoms with E-state index in [4.69, 9.17) is 4.74 Å². The number of amides is 1. The third-order valence-corrected chi connectivity index (χ3v) is 3.39. The lowest BCUT2D eigenvalue weighted by atomic mass is 10.1. The summed E-state index contributed by atoms with van der Waals surface area (Å²) in [5.74, 6) is 1.13. The Morgan fingerprint density at radius 3 is 2.86 bits per heavy atom. The zero-order valence-corrected chi connectivity index (χ0v) is 13.3. The molecule has 1 aliphatic rings. The van der Waals surface area contributed by atoms with E-state index in [0.29, 0.717) is 6.42 Å². The maximum atomic E-state index is 11.7. The molecular weight excluding hydrogens is 264 g/mol. The Hall–Kier alpha value is -1.55. The van der Waals surface area contributed by atoms with Crippen LogP contribution in [0.5, 0.6) is 5.75 Å². The maximum Gasteiger partial charge on any atom is 0.221 e. The molecule has 1 heterocycles. The molecule has 0 bridgehead atoms. The third kappa shape index (κ3) is 5.38. The van der Waals surface area contributed by atoms with Crippen LogP contribution in [0.4, 0.5) is 0 Å². The average Bonchev–Trinajstić information content (AvgIpc) is 2.83. The molecule has 0 unspecified atom stereocenters. The van der Waals surface area contributed by atoms with Gasteiger partial charge in [-0.25, -0.2) is 0 Å². The molecule has 1 amide bonds. The minimum atomic E-state index is -0.149. The van der Waals surface area contributed by atoms with Crippen molar-refractivity contribution < 1.29 is 9.53 Å². The SMILES string of the molecule is CC(C)(C)NC(=O)CCNCCc1ccc2c(c1)CCO2. The lowest BCUT2D eigenvalue weighted by Gasteiger charge is -2.20. The Labute approximate surface area is 127 Å². The third-order valence-electron chi connectivity index (χ3n) is 3.39. The zero-order valence-electron chi connectivity index (χ0n) is 13.3. The first kappa shape index (κ1) is 15.8. The predicted octanol–water partition coefficient (Wildman–Crippen LogP) is 2.06. The number of rotatable bonds is 6. The molecule has 4 nitrogen and oxygen atoms in total. The summed E-state index contributed by atoms with van der Waals surface area (Å²) in [6, 6.07) is 6.42. The van der Waals surface area contributed by atoms with E-state index in [1.54, 1.807) is 0 Å². The lowest BCUT2D eigenvalue weighted by molar-refractivity contribution is -0.122. The molecule has 0 saturated carbocycles. The molecule has 2 rings (SSSR count). The molecule has 4 heteroatoms. The molecule has 2 N–H and O–H groups in total. The van der Waals surface area contributed by atoms with Crippen LogP contribution >= 0.6 is 0 Å². The van der Waals surface area contributed by atoms with Crippen LogP contribution in [0.25, 0.3) is 0 Å². The Morgan fingerprint density at radius 2 is 2.10 bits per heavy atom. The van der Waals surface area contributed by atoms with Crippen molar-refractivity contribution in [3.63, 3.8) is 0 Å². The number of fused-ring (bicyclic) bond motifs is 1. The van der Waals surface area contributed by atoms with Crippen LogP contribution < -0.4 is 15.4 Å². The summed E-state index contributed by atoms with van der Waals surface area (Å²) in [5.41, 5.74) is 2.49. The van der Waals surface area contributed by atoms with Gasteiger partial charge in [0.05, 0.1) is 6.61 Å². The van der Waals surface area contributed by atoms with Crippen LogP contribution in [0.3, 0.4) is 0 Å². The minimum Gasteiger partial charge on any atom is -0.493 e. The van der Waals surface area contributed by atoms with Crippen LogP contribution in [0, 0.1) is 0 Å². The lowest BCUT2D eigenvalue weighted by Crippen LogP contribution is -2.41. The molecule has 0 atom stereocenters. The number of carbonyl (C=O) groups is 1. The molecule has 116 valence electrons. The van der Waals surface area contributed by atoms with E-state index >= 15 is 0 Å². The predicted molar refractivity (Wildman–Crippen MR) is 84.7 cm³/mol. The summed E-state index contributed by atoms with van der Waals surface area (Å²) in [6.07, 6.45) is 2.52. The van der Waals surface area contributed by atoms with Gasteiger partial charge in [-0.1, -0.05) is 12.1 Å². The molecule has 0 aromatic heterocycles. The quantitative estimate of drug-likeness (QED) is 0.789. The Morgan fingerprint density at radius 1 is 1.29 bits per heavy atom. The fourth-order valence-corrected chi connectivity index (χ4v) is 2.44. The molecule has 0 saturated heterocycles. The minimum absolute atomic E-state index is 0.102. The normalized spacial score (nSPS) is 13.7. The van der Waals surface area contributed by atoms with Crippen LogP contribution in [0.15, 0.2) is 18.2 Å².